The van der Waals surface area contributed by atoms with Gasteiger partial charge in [-0.2, -0.15) is 0 Å². The summed E-state index contributed by atoms with van der Waals surface area (Å²) in [6, 6.07) is 10.0. The van der Waals surface area contributed by atoms with Gasteiger partial charge >= 0.3 is 0 Å². The summed E-state index contributed by atoms with van der Waals surface area (Å²) in [6.45, 7) is 3.11. The zero-order valence-corrected chi connectivity index (χ0v) is 17.1. The van der Waals surface area contributed by atoms with E-state index >= 15 is 4.39 Å². The normalized spacial score (nSPS) is 11.8. The zero-order valence-electron chi connectivity index (χ0n) is 15.6. The van der Waals surface area contributed by atoms with Crippen LogP contribution in [0.15, 0.2) is 42.6 Å². The van der Waals surface area contributed by atoms with E-state index in [0.29, 0.717) is 11.4 Å². The number of rotatable bonds is 6. The van der Waals surface area contributed by atoms with E-state index in [1.54, 1.807) is 39.2 Å². The SMILES string of the molecule is COc1cccc(-c2cn(-c3c(Cl)ccc(CS(=O)(=O)C(C)C)c3F)nn2)c1. The van der Waals surface area contributed by atoms with Gasteiger partial charge in [-0.1, -0.05) is 35.0 Å². The zero-order chi connectivity index (χ0) is 20.5. The van der Waals surface area contributed by atoms with E-state index in [1.165, 1.54) is 23.0 Å². The van der Waals surface area contributed by atoms with Crippen LogP contribution in [0.4, 0.5) is 4.39 Å². The van der Waals surface area contributed by atoms with Crippen molar-refractivity contribution in [3.8, 4) is 22.7 Å². The lowest BCUT2D eigenvalue weighted by Gasteiger charge is -2.12. The molecule has 0 aliphatic rings. The van der Waals surface area contributed by atoms with Crippen molar-refractivity contribution in [1.29, 1.82) is 0 Å². The molecule has 2 aromatic carbocycles. The number of ether oxygens (including phenoxy) is 1. The van der Waals surface area contributed by atoms with Crippen LogP contribution < -0.4 is 4.74 Å². The first-order valence-electron chi connectivity index (χ1n) is 8.48. The van der Waals surface area contributed by atoms with Crippen LogP contribution in [0.2, 0.25) is 5.02 Å². The average molecular weight is 424 g/mol. The first-order chi connectivity index (χ1) is 13.2. The van der Waals surface area contributed by atoms with Crippen LogP contribution in [-0.4, -0.2) is 35.8 Å². The number of hydrogen-bond donors (Lipinski definition) is 0. The lowest BCUT2D eigenvalue weighted by atomic mass is 10.1. The molecule has 0 amide bonds. The number of benzene rings is 2. The summed E-state index contributed by atoms with van der Waals surface area (Å²) in [4.78, 5) is 0. The van der Waals surface area contributed by atoms with Crippen molar-refractivity contribution >= 4 is 21.4 Å². The highest BCUT2D eigenvalue weighted by Gasteiger charge is 2.23. The smallest absolute Gasteiger partial charge is 0.156 e. The van der Waals surface area contributed by atoms with Crippen LogP contribution in [0.5, 0.6) is 5.75 Å². The Bertz CT molecular complexity index is 1110. The highest BCUT2D eigenvalue weighted by atomic mass is 35.5. The number of nitrogens with zero attached hydrogens (tertiary/aromatic N) is 3. The summed E-state index contributed by atoms with van der Waals surface area (Å²) in [5, 5.41) is 7.52. The predicted octanol–water partition coefficient (Wildman–Crippen LogP) is 4.06. The number of sulfone groups is 1. The minimum absolute atomic E-state index is 0.0338. The van der Waals surface area contributed by atoms with E-state index in [-0.39, 0.29) is 16.3 Å². The molecular formula is C19H19ClFN3O3S. The Kier molecular flexibility index (Phi) is 5.71. The van der Waals surface area contributed by atoms with Gasteiger partial charge in [0.15, 0.2) is 15.7 Å². The van der Waals surface area contributed by atoms with E-state index in [2.05, 4.69) is 10.3 Å². The fraction of sp³-hybridized carbons (Fsp3) is 0.263. The summed E-state index contributed by atoms with van der Waals surface area (Å²) in [5.41, 5.74) is 1.22. The lowest BCUT2D eigenvalue weighted by Crippen LogP contribution is -2.17. The van der Waals surface area contributed by atoms with Gasteiger partial charge in [0.05, 0.1) is 29.3 Å². The summed E-state index contributed by atoms with van der Waals surface area (Å²) in [7, 11) is -1.92. The lowest BCUT2D eigenvalue weighted by molar-refractivity contribution is 0.415. The molecule has 0 bridgehead atoms. The summed E-state index contributed by atoms with van der Waals surface area (Å²) < 4.78 is 45.9. The van der Waals surface area contributed by atoms with Gasteiger partial charge in [-0.3, -0.25) is 0 Å². The average Bonchev–Trinajstić information content (AvgIpc) is 3.14. The maximum Gasteiger partial charge on any atom is 0.156 e. The molecule has 0 radical (unpaired) electrons. The second-order valence-corrected chi connectivity index (χ2v) is 9.47. The Balaban J connectivity index is 2.02. The monoisotopic (exact) mass is 423 g/mol. The Morgan fingerprint density at radius 3 is 2.68 bits per heavy atom. The molecule has 148 valence electrons. The molecule has 0 atom stereocenters. The molecule has 9 heteroatoms. The Hall–Kier alpha value is -2.45. The molecule has 0 unspecified atom stereocenters. The van der Waals surface area contributed by atoms with Crippen molar-refractivity contribution in [2.45, 2.75) is 24.9 Å². The van der Waals surface area contributed by atoms with Gasteiger partial charge in [0.1, 0.15) is 17.1 Å². The molecule has 6 nitrogen and oxygen atoms in total. The molecule has 0 aliphatic heterocycles. The van der Waals surface area contributed by atoms with Gasteiger partial charge in [0.25, 0.3) is 0 Å². The molecule has 0 saturated carbocycles. The number of aromatic nitrogens is 3. The topological polar surface area (TPSA) is 74.1 Å². The molecule has 3 aromatic rings. The van der Waals surface area contributed by atoms with Gasteiger partial charge < -0.3 is 4.74 Å². The first-order valence-corrected chi connectivity index (χ1v) is 10.6. The van der Waals surface area contributed by atoms with Crippen molar-refractivity contribution in [2.75, 3.05) is 7.11 Å². The third kappa shape index (κ3) is 4.02. The Morgan fingerprint density at radius 1 is 1.25 bits per heavy atom. The van der Waals surface area contributed by atoms with Crippen LogP contribution in [-0.2, 0) is 15.6 Å². The summed E-state index contributed by atoms with van der Waals surface area (Å²) in [5.74, 6) is -0.506. The van der Waals surface area contributed by atoms with Crippen molar-refractivity contribution < 1.29 is 17.5 Å². The van der Waals surface area contributed by atoms with Gasteiger partial charge in [0.2, 0.25) is 0 Å². The van der Waals surface area contributed by atoms with E-state index in [9.17, 15) is 8.42 Å². The van der Waals surface area contributed by atoms with Crippen molar-refractivity contribution in [2.24, 2.45) is 0 Å². The van der Waals surface area contributed by atoms with E-state index in [4.69, 9.17) is 16.3 Å². The van der Waals surface area contributed by atoms with Gasteiger partial charge in [-0.15, -0.1) is 5.10 Å². The van der Waals surface area contributed by atoms with Crippen LogP contribution in [0, 0.1) is 5.82 Å². The first kappa shape index (κ1) is 20.3. The van der Waals surface area contributed by atoms with E-state index in [1.807, 2.05) is 6.07 Å². The minimum atomic E-state index is -3.47. The molecule has 1 aromatic heterocycles. The quantitative estimate of drug-likeness (QED) is 0.597. The van der Waals surface area contributed by atoms with Crippen molar-refractivity contribution in [3.05, 3.63) is 59.0 Å². The molecule has 3 rings (SSSR count). The number of methoxy groups -OCH3 is 1. The van der Waals surface area contributed by atoms with Gasteiger partial charge in [-0.05, 0) is 32.0 Å². The summed E-state index contributed by atoms with van der Waals surface area (Å²) >= 11 is 6.17. The number of halogens is 2. The van der Waals surface area contributed by atoms with Crippen molar-refractivity contribution in [1.82, 2.24) is 15.0 Å². The highest BCUT2D eigenvalue weighted by Crippen LogP contribution is 2.29. The molecular weight excluding hydrogens is 405 g/mol. The molecule has 0 aliphatic carbocycles. The van der Waals surface area contributed by atoms with Crippen LogP contribution >= 0.6 is 11.6 Å². The molecule has 1 heterocycles. The van der Waals surface area contributed by atoms with Crippen LogP contribution in [0.1, 0.15) is 19.4 Å². The molecule has 0 saturated heterocycles. The molecule has 28 heavy (non-hydrogen) atoms. The Labute approximate surface area is 167 Å². The Morgan fingerprint density at radius 2 is 2.00 bits per heavy atom. The second-order valence-electron chi connectivity index (χ2n) is 6.51. The third-order valence-electron chi connectivity index (χ3n) is 4.31. The minimum Gasteiger partial charge on any atom is -0.497 e. The van der Waals surface area contributed by atoms with E-state index in [0.717, 1.165) is 5.56 Å². The fourth-order valence-electron chi connectivity index (χ4n) is 2.58. The largest absolute Gasteiger partial charge is 0.497 e. The van der Waals surface area contributed by atoms with Gasteiger partial charge in [0, 0.05) is 11.1 Å². The van der Waals surface area contributed by atoms with Crippen molar-refractivity contribution in [3.63, 3.8) is 0 Å². The van der Waals surface area contributed by atoms with Crippen LogP contribution in [0.3, 0.4) is 0 Å². The predicted molar refractivity (Wildman–Crippen MR) is 106 cm³/mol. The highest BCUT2D eigenvalue weighted by molar-refractivity contribution is 7.91. The second kappa shape index (κ2) is 7.89. The maximum absolute atomic E-state index is 15.1. The van der Waals surface area contributed by atoms with Crippen LogP contribution in [0.25, 0.3) is 16.9 Å². The molecule has 0 spiro atoms. The van der Waals surface area contributed by atoms with E-state index < -0.39 is 26.7 Å². The molecule has 0 N–H and O–H groups in total. The summed E-state index contributed by atoms with van der Waals surface area (Å²) in [6.07, 6.45) is 1.53. The fourth-order valence-corrected chi connectivity index (χ4v) is 3.80. The maximum atomic E-state index is 15.1. The standard InChI is InChI=1S/C19H19ClFN3O3S/c1-12(2)28(25,26)11-14-7-8-16(20)19(18(14)21)24-10-17(22-23-24)13-5-4-6-15(9-13)27-3/h4-10,12H,11H2,1-3H3. The number of hydrogen-bond acceptors (Lipinski definition) is 5. The third-order valence-corrected chi connectivity index (χ3v) is 6.76. The van der Waals surface area contributed by atoms with Gasteiger partial charge in [-0.25, -0.2) is 17.5 Å². The molecule has 0 fully saturated rings.